The second-order valence-corrected chi connectivity index (χ2v) is 11.7. The largest absolute Gasteiger partial charge is 0.344 e. The van der Waals surface area contributed by atoms with E-state index in [-0.39, 0.29) is 10.8 Å². The Morgan fingerprint density at radius 3 is 1.89 bits per heavy atom. The number of fused-ring (bicyclic) bond motifs is 4. The maximum Gasteiger partial charge on any atom is 0.0488 e. The van der Waals surface area contributed by atoms with Crippen LogP contribution < -0.4 is 0 Å². The van der Waals surface area contributed by atoms with Gasteiger partial charge in [-0.05, 0) is 62.6 Å². The number of hydrogen-bond donors (Lipinski definition) is 0. The van der Waals surface area contributed by atoms with E-state index >= 15 is 0 Å². The van der Waals surface area contributed by atoms with Gasteiger partial charge in [0.05, 0.1) is 0 Å². The van der Waals surface area contributed by atoms with Crippen molar-refractivity contribution in [3.05, 3.63) is 95.6 Å². The van der Waals surface area contributed by atoms with Crippen molar-refractivity contribution < 1.29 is 0 Å². The smallest absolute Gasteiger partial charge is 0.0488 e. The molecule has 182 valence electrons. The molecule has 0 fully saturated rings. The molecule has 0 radical (unpaired) electrons. The summed E-state index contributed by atoms with van der Waals surface area (Å²) in [6.07, 6.45) is 0. The molecular formula is C34H41N. The third-order valence-electron chi connectivity index (χ3n) is 7.23. The van der Waals surface area contributed by atoms with Crippen LogP contribution in [0.1, 0.15) is 78.0 Å². The van der Waals surface area contributed by atoms with E-state index < -0.39 is 0 Å². The molecule has 0 N–H and O–H groups in total. The normalized spacial score (nSPS) is 13.2. The Labute approximate surface area is 211 Å². The van der Waals surface area contributed by atoms with Gasteiger partial charge in [-0.2, -0.15) is 0 Å². The highest BCUT2D eigenvalue weighted by atomic mass is 14.9. The van der Waals surface area contributed by atoms with Gasteiger partial charge >= 0.3 is 0 Å². The third kappa shape index (κ3) is 4.49. The molecule has 0 spiro atoms. The fourth-order valence-electron chi connectivity index (χ4n) is 5.53. The van der Waals surface area contributed by atoms with E-state index in [1.54, 1.807) is 0 Å². The zero-order chi connectivity index (χ0) is 25.5. The quantitative estimate of drug-likeness (QED) is 0.245. The van der Waals surface area contributed by atoms with Gasteiger partial charge in [-0.3, -0.25) is 0 Å². The molecular weight excluding hydrogens is 422 g/mol. The molecule has 1 unspecified atom stereocenters. The van der Waals surface area contributed by atoms with Crippen LogP contribution >= 0.6 is 0 Å². The van der Waals surface area contributed by atoms with Gasteiger partial charge in [0, 0.05) is 34.8 Å². The second-order valence-electron chi connectivity index (χ2n) is 11.7. The molecule has 1 nitrogen and oxygen atoms in total. The van der Waals surface area contributed by atoms with E-state index in [2.05, 4.69) is 132 Å². The monoisotopic (exact) mass is 463 g/mol. The number of nitrogens with zero attached hydrogens (tertiary/aromatic N) is 1. The highest BCUT2D eigenvalue weighted by Gasteiger charge is 2.30. The van der Waals surface area contributed by atoms with Crippen LogP contribution in [-0.2, 0) is 12.5 Å². The minimum absolute atomic E-state index is 0.0823. The summed E-state index contributed by atoms with van der Waals surface area (Å²) >= 11 is 0. The van der Waals surface area contributed by atoms with Gasteiger partial charge in [-0.1, -0.05) is 110 Å². The Morgan fingerprint density at radius 2 is 1.23 bits per heavy atom. The van der Waals surface area contributed by atoms with Gasteiger partial charge in [-0.25, -0.2) is 0 Å². The van der Waals surface area contributed by atoms with Crippen molar-refractivity contribution in [1.82, 2.24) is 4.57 Å². The van der Waals surface area contributed by atoms with Crippen molar-refractivity contribution in [2.75, 3.05) is 0 Å². The fraction of sp³-hybridized carbons (Fsp3) is 0.353. The SMILES string of the molecule is CC.Cn1c2ccc(C(c3cccc4ccccc34)C(C)(C)C)cc2c2cc(C(C)(C)C)ccc21. The molecule has 5 aromatic rings. The van der Waals surface area contributed by atoms with Crippen LogP contribution in [0.5, 0.6) is 0 Å². The average molecular weight is 464 g/mol. The second kappa shape index (κ2) is 9.19. The summed E-state index contributed by atoms with van der Waals surface area (Å²) in [5.74, 6) is 0.300. The Morgan fingerprint density at radius 1 is 0.629 bits per heavy atom. The summed E-state index contributed by atoms with van der Waals surface area (Å²) in [5.41, 5.74) is 6.99. The predicted octanol–water partition coefficient (Wildman–Crippen LogP) is 9.99. The first-order chi connectivity index (χ1) is 16.6. The molecule has 1 heteroatoms. The maximum absolute atomic E-state index is 2.46. The molecule has 0 saturated carbocycles. The van der Waals surface area contributed by atoms with E-state index in [0.29, 0.717) is 5.92 Å². The van der Waals surface area contributed by atoms with Gasteiger partial charge in [0.25, 0.3) is 0 Å². The molecule has 0 aliphatic rings. The summed E-state index contributed by atoms with van der Waals surface area (Å²) in [7, 11) is 2.19. The molecule has 0 bridgehead atoms. The van der Waals surface area contributed by atoms with Gasteiger partial charge in [0.1, 0.15) is 0 Å². The Bertz CT molecular complexity index is 1480. The lowest BCUT2D eigenvalue weighted by Crippen LogP contribution is -2.20. The molecule has 0 saturated heterocycles. The summed E-state index contributed by atoms with van der Waals surface area (Å²) in [6.45, 7) is 18.0. The van der Waals surface area contributed by atoms with Crippen molar-refractivity contribution >= 4 is 32.6 Å². The van der Waals surface area contributed by atoms with E-state index in [4.69, 9.17) is 0 Å². The van der Waals surface area contributed by atoms with Crippen LogP contribution in [-0.4, -0.2) is 4.57 Å². The zero-order valence-corrected chi connectivity index (χ0v) is 23.0. The van der Waals surface area contributed by atoms with E-state index in [9.17, 15) is 0 Å². The molecule has 0 aliphatic carbocycles. The summed E-state index contributed by atoms with van der Waals surface area (Å²) in [4.78, 5) is 0. The first-order valence-corrected chi connectivity index (χ1v) is 13.1. The molecule has 1 heterocycles. The minimum Gasteiger partial charge on any atom is -0.344 e. The van der Waals surface area contributed by atoms with Crippen molar-refractivity contribution in [3.63, 3.8) is 0 Å². The van der Waals surface area contributed by atoms with Crippen molar-refractivity contribution in [3.8, 4) is 0 Å². The topological polar surface area (TPSA) is 4.93 Å². The summed E-state index contributed by atoms with van der Waals surface area (Å²) < 4.78 is 2.34. The minimum atomic E-state index is 0.0823. The highest BCUT2D eigenvalue weighted by molar-refractivity contribution is 6.08. The van der Waals surface area contributed by atoms with Crippen molar-refractivity contribution in [2.24, 2.45) is 12.5 Å². The van der Waals surface area contributed by atoms with Crippen LogP contribution in [0.25, 0.3) is 32.6 Å². The molecule has 1 aromatic heterocycles. The van der Waals surface area contributed by atoms with Gasteiger partial charge < -0.3 is 4.57 Å². The third-order valence-corrected chi connectivity index (χ3v) is 7.23. The summed E-state index contributed by atoms with van der Waals surface area (Å²) in [6, 6.07) is 29.7. The first kappa shape index (κ1) is 25.0. The van der Waals surface area contributed by atoms with Crippen LogP contribution in [0.4, 0.5) is 0 Å². The lowest BCUT2D eigenvalue weighted by Gasteiger charge is -2.33. The molecule has 5 rings (SSSR count). The first-order valence-electron chi connectivity index (χ1n) is 13.1. The van der Waals surface area contributed by atoms with Crippen LogP contribution in [0.3, 0.4) is 0 Å². The van der Waals surface area contributed by atoms with Gasteiger partial charge in [0.2, 0.25) is 0 Å². The lowest BCUT2D eigenvalue weighted by molar-refractivity contribution is 0.360. The van der Waals surface area contributed by atoms with Crippen molar-refractivity contribution in [2.45, 2.75) is 66.7 Å². The fourth-order valence-corrected chi connectivity index (χ4v) is 5.53. The number of hydrogen-bond acceptors (Lipinski definition) is 0. The van der Waals surface area contributed by atoms with Crippen molar-refractivity contribution in [1.29, 1.82) is 0 Å². The predicted molar refractivity (Wildman–Crippen MR) is 156 cm³/mol. The summed E-state index contributed by atoms with van der Waals surface area (Å²) in [5, 5.41) is 5.37. The highest BCUT2D eigenvalue weighted by Crippen LogP contribution is 2.44. The molecule has 0 amide bonds. The lowest BCUT2D eigenvalue weighted by atomic mass is 9.71. The zero-order valence-electron chi connectivity index (χ0n) is 23.0. The molecule has 0 aliphatic heterocycles. The number of aryl methyl sites for hydroxylation is 1. The standard InChI is InChI=1S/C32H35N.C2H6/c1-31(2,3)23-16-18-29-27(20-23)26-19-22(15-17-28(26)33(29)7)30(32(4,5)6)25-14-10-12-21-11-8-9-13-24(21)25;1-2/h8-20,30H,1-7H3;1-2H3. The average Bonchev–Trinajstić information content (AvgIpc) is 3.10. The Hall–Kier alpha value is -3.06. The van der Waals surface area contributed by atoms with Crippen LogP contribution in [0.15, 0.2) is 78.9 Å². The Kier molecular flexibility index (Phi) is 6.58. The molecule has 35 heavy (non-hydrogen) atoms. The van der Waals surface area contributed by atoms with E-state index in [1.807, 2.05) is 13.8 Å². The van der Waals surface area contributed by atoms with E-state index in [0.717, 1.165) is 0 Å². The Balaban J connectivity index is 0.00000141. The maximum atomic E-state index is 2.46. The molecule has 1 atom stereocenters. The van der Waals surface area contributed by atoms with Gasteiger partial charge in [0.15, 0.2) is 0 Å². The number of benzene rings is 4. The number of rotatable bonds is 2. The van der Waals surface area contributed by atoms with Crippen LogP contribution in [0.2, 0.25) is 0 Å². The molecule has 4 aromatic carbocycles. The van der Waals surface area contributed by atoms with Gasteiger partial charge in [-0.15, -0.1) is 0 Å². The van der Waals surface area contributed by atoms with Crippen LogP contribution in [0, 0.1) is 5.41 Å². The number of aromatic nitrogens is 1. The van der Waals surface area contributed by atoms with E-state index in [1.165, 1.54) is 49.3 Å².